The van der Waals surface area contributed by atoms with Crippen LogP contribution in [0.1, 0.15) is 85.0 Å². The number of carbonyl (C=O) groups excluding carboxylic acids is 1. The van der Waals surface area contributed by atoms with E-state index in [1.54, 1.807) is 0 Å². The third kappa shape index (κ3) is 9.89. The minimum absolute atomic E-state index is 0.0550. The average molecular weight is 298 g/mol. The number of epoxide rings is 1. The van der Waals surface area contributed by atoms with E-state index in [1.165, 1.54) is 38.5 Å². The minimum atomic E-state index is -0.0550. The van der Waals surface area contributed by atoms with Crippen molar-refractivity contribution in [2.24, 2.45) is 5.92 Å². The quantitative estimate of drug-likeness (QED) is 0.276. The van der Waals surface area contributed by atoms with Crippen LogP contribution in [0.4, 0.5) is 0 Å². The summed E-state index contributed by atoms with van der Waals surface area (Å²) < 4.78 is 10.8. The van der Waals surface area contributed by atoms with Crippen LogP contribution in [0.25, 0.3) is 0 Å². The van der Waals surface area contributed by atoms with E-state index in [1.807, 2.05) is 0 Å². The van der Waals surface area contributed by atoms with Crippen molar-refractivity contribution in [2.75, 3.05) is 6.61 Å². The molecule has 0 saturated carbocycles. The van der Waals surface area contributed by atoms with Gasteiger partial charge in [0.1, 0.15) is 12.7 Å². The molecular formula is C18H34O3. The van der Waals surface area contributed by atoms with Crippen LogP contribution in [0.5, 0.6) is 0 Å². The number of hydrogen-bond acceptors (Lipinski definition) is 3. The molecule has 0 unspecified atom stereocenters. The van der Waals surface area contributed by atoms with E-state index in [-0.39, 0.29) is 12.1 Å². The summed E-state index contributed by atoms with van der Waals surface area (Å²) in [6.45, 7) is 7.18. The van der Waals surface area contributed by atoms with Gasteiger partial charge in [-0.3, -0.25) is 4.79 Å². The molecule has 0 spiro atoms. The maximum absolute atomic E-state index is 11.6. The normalized spacial score (nSPS) is 20.8. The second kappa shape index (κ2) is 11.1. The number of unbranched alkanes of at least 4 members (excludes halogenated alkanes) is 5. The molecule has 0 amide bonds. The number of carbonyl (C=O) groups is 1. The standard InChI is InChI=1S/C18H34O3/c1-4-5-6-7-8-13-18(19)20-14-17-16(21-17)12-10-9-11-15(2)3/h15-17H,4-14H2,1-3H3/t16-,17+/m1/s1. The van der Waals surface area contributed by atoms with Crippen molar-refractivity contribution >= 4 is 5.97 Å². The number of hydrogen-bond donors (Lipinski definition) is 0. The molecule has 124 valence electrons. The lowest BCUT2D eigenvalue weighted by Crippen LogP contribution is -2.11. The van der Waals surface area contributed by atoms with Crippen molar-refractivity contribution in [1.82, 2.24) is 0 Å². The summed E-state index contributed by atoms with van der Waals surface area (Å²) in [5.41, 5.74) is 0. The van der Waals surface area contributed by atoms with Crippen molar-refractivity contribution in [3.8, 4) is 0 Å². The lowest BCUT2D eigenvalue weighted by Gasteiger charge is -2.04. The molecular weight excluding hydrogens is 264 g/mol. The Kier molecular flexibility index (Phi) is 9.73. The maximum Gasteiger partial charge on any atom is 0.305 e. The van der Waals surface area contributed by atoms with Gasteiger partial charge in [-0.1, -0.05) is 65.7 Å². The van der Waals surface area contributed by atoms with Gasteiger partial charge in [-0.25, -0.2) is 0 Å². The number of esters is 1. The van der Waals surface area contributed by atoms with Gasteiger partial charge in [0.15, 0.2) is 0 Å². The molecule has 0 radical (unpaired) electrons. The highest BCUT2D eigenvalue weighted by Gasteiger charge is 2.38. The fraction of sp³-hybridized carbons (Fsp3) is 0.944. The first-order chi connectivity index (χ1) is 10.1. The van der Waals surface area contributed by atoms with Gasteiger partial charge in [-0.05, 0) is 18.8 Å². The molecule has 1 rings (SSSR count). The zero-order chi connectivity index (χ0) is 15.5. The van der Waals surface area contributed by atoms with Gasteiger partial charge in [0.25, 0.3) is 0 Å². The molecule has 0 bridgehead atoms. The lowest BCUT2D eigenvalue weighted by atomic mass is 10.0. The first-order valence-corrected chi connectivity index (χ1v) is 8.94. The third-order valence-corrected chi connectivity index (χ3v) is 4.10. The third-order valence-electron chi connectivity index (χ3n) is 4.10. The van der Waals surface area contributed by atoms with Crippen LogP contribution in [-0.4, -0.2) is 24.8 Å². The van der Waals surface area contributed by atoms with Crippen LogP contribution in [0.15, 0.2) is 0 Å². The largest absolute Gasteiger partial charge is 0.463 e. The second-order valence-electron chi connectivity index (χ2n) is 6.74. The minimum Gasteiger partial charge on any atom is -0.463 e. The van der Waals surface area contributed by atoms with Crippen LogP contribution in [0.3, 0.4) is 0 Å². The van der Waals surface area contributed by atoms with Crippen LogP contribution < -0.4 is 0 Å². The fourth-order valence-electron chi connectivity index (χ4n) is 2.60. The van der Waals surface area contributed by atoms with E-state index in [9.17, 15) is 4.79 Å². The molecule has 21 heavy (non-hydrogen) atoms. The van der Waals surface area contributed by atoms with E-state index in [2.05, 4.69) is 20.8 Å². The SMILES string of the molecule is CCCCCCCC(=O)OC[C@@H]1O[C@@H]1CCCCC(C)C. The summed E-state index contributed by atoms with van der Waals surface area (Å²) in [5, 5.41) is 0. The van der Waals surface area contributed by atoms with Crippen LogP contribution in [-0.2, 0) is 14.3 Å². The zero-order valence-electron chi connectivity index (χ0n) is 14.2. The lowest BCUT2D eigenvalue weighted by molar-refractivity contribution is -0.144. The van der Waals surface area contributed by atoms with Crippen molar-refractivity contribution < 1.29 is 14.3 Å². The molecule has 1 saturated heterocycles. The molecule has 1 aliphatic heterocycles. The fourth-order valence-corrected chi connectivity index (χ4v) is 2.60. The summed E-state index contributed by atoms with van der Waals surface area (Å²) in [4.78, 5) is 11.6. The Morgan fingerprint density at radius 3 is 2.52 bits per heavy atom. The Morgan fingerprint density at radius 2 is 1.81 bits per heavy atom. The molecule has 0 N–H and O–H groups in total. The molecule has 0 aliphatic carbocycles. The van der Waals surface area contributed by atoms with Gasteiger partial charge >= 0.3 is 5.97 Å². The molecule has 2 atom stereocenters. The van der Waals surface area contributed by atoms with Gasteiger partial charge in [0.2, 0.25) is 0 Å². The Hall–Kier alpha value is -0.570. The first-order valence-electron chi connectivity index (χ1n) is 8.94. The van der Waals surface area contributed by atoms with E-state index < -0.39 is 0 Å². The maximum atomic E-state index is 11.6. The highest BCUT2D eigenvalue weighted by Crippen LogP contribution is 2.28. The summed E-state index contributed by atoms with van der Waals surface area (Å²) in [7, 11) is 0. The topological polar surface area (TPSA) is 38.8 Å². The molecule has 3 nitrogen and oxygen atoms in total. The Balaban J connectivity index is 1.89. The molecule has 1 aliphatic rings. The monoisotopic (exact) mass is 298 g/mol. The molecule has 0 aromatic carbocycles. The molecule has 0 aromatic heterocycles. The Morgan fingerprint density at radius 1 is 1.05 bits per heavy atom. The van der Waals surface area contributed by atoms with E-state index in [4.69, 9.17) is 9.47 Å². The van der Waals surface area contributed by atoms with E-state index >= 15 is 0 Å². The van der Waals surface area contributed by atoms with Gasteiger partial charge < -0.3 is 9.47 Å². The summed E-state index contributed by atoms with van der Waals surface area (Å²) in [6.07, 6.45) is 11.8. The highest BCUT2D eigenvalue weighted by atomic mass is 16.6. The first kappa shape index (κ1) is 18.5. The second-order valence-corrected chi connectivity index (χ2v) is 6.74. The molecule has 3 heteroatoms. The molecule has 0 aromatic rings. The van der Waals surface area contributed by atoms with Crippen molar-refractivity contribution in [3.63, 3.8) is 0 Å². The zero-order valence-corrected chi connectivity index (χ0v) is 14.2. The predicted molar refractivity (Wildman–Crippen MR) is 86.3 cm³/mol. The summed E-state index contributed by atoms with van der Waals surface area (Å²) >= 11 is 0. The van der Waals surface area contributed by atoms with Gasteiger partial charge in [-0.15, -0.1) is 0 Å². The Bertz CT molecular complexity index is 276. The van der Waals surface area contributed by atoms with Crippen LogP contribution in [0.2, 0.25) is 0 Å². The summed E-state index contributed by atoms with van der Waals surface area (Å²) in [5.74, 6) is 0.736. The average Bonchev–Trinajstić information content (AvgIpc) is 3.19. The van der Waals surface area contributed by atoms with Gasteiger partial charge in [0.05, 0.1) is 6.10 Å². The van der Waals surface area contributed by atoms with Crippen molar-refractivity contribution in [1.29, 1.82) is 0 Å². The van der Waals surface area contributed by atoms with E-state index in [0.29, 0.717) is 19.1 Å². The molecule has 1 fully saturated rings. The van der Waals surface area contributed by atoms with Crippen LogP contribution >= 0.6 is 0 Å². The highest BCUT2D eigenvalue weighted by molar-refractivity contribution is 5.69. The predicted octanol–water partition coefficient (Wildman–Crippen LogP) is 4.87. The van der Waals surface area contributed by atoms with Crippen molar-refractivity contribution in [3.05, 3.63) is 0 Å². The summed E-state index contributed by atoms with van der Waals surface area (Å²) in [6, 6.07) is 0. The Labute approximate surface area is 130 Å². The van der Waals surface area contributed by atoms with E-state index in [0.717, 1.165) is 25.2 Å². The van der Waals surface area contributed by atoms with Crippen molar-refractivity contribution in [2.45, 2.75) is 97.2 Å². The molecule has 1 heterocycles. The van der Waals surface area contributed by atoms with Gasteiger partial charge in [-0.2, -0.15) is 0 Å². The number of rotatable bonds is 13. The van der Waals surface area contributed by atoms with Crippen LogP contribution in [0, 0.1) is 5.92 Å². The number of ether oxygens (including phenoxy) is 2. The van der Waals surface area contributed by atoms with Gasteiger partial charge in [0, 0.05) is 6.42 Å². The smallest absolute Gasteiger partial charge is 0.305 e.